The van der Waals surface area contributed by atoms with Crippen LogP contribution in [-0.2, 0) is 9.53 Å². The Labute approximate surface area is 121 Å². The maximum atomic E-state index is 12.2. The van der Waals surface area contributed by atoms with E-state index < -0.39 is 0 Å². The minimum absolute atomic E-state index is 0.00454. The molecule has 0 aromatic rings. The first-order valence-corrected chi connectivity index (χ1v) is 7.09. The van der Waals surface area contributed by atoms with Gasteiger partial charge in [0.05, 0.1) is 12.6 Å². The highest BCUT2D eigenvalue weighted by atomic mass is 16.6. The van der Waals surface area contributed by atoms with Crippen LogP contribution in [0.3, 0.4) is 0 Å². The molecule has 1 fully saturated rings. The Morgan fingerprint density at radius 3 is 2.45 bits per heavy atom. The van der Waals surface area contributed by atoms with Gasteiger partial charge in [-0.15, -0.1) is 0 Å². The van der Waals surface area contributed by atoms with Crippen molar-refractivity contribution in [1.82, 2.24) is 14.7 Å². The Hall–Kier alpha value is -1.30. The molecule has 2 unspecified atom stereocenters. The van der Waals surface area contributed by atoms with Gasteiger partial charge in [0.25, 0.3) is 0 Å². The summed E-state index contributed by atoms with van der Waals surface area (Å²) in [4.78, 5) is 28.9. The third-order valence-electron chi connectivity index (χ3n) is 3.51. The molecule has 0 aromatic heterocycles. The first kappa shape index (κ1) is 16.8. The van der Waals surface area contributed by atoms with Crippen LogP contribution < -0.4 is 0 Å². The second-order valence-electron chi connectivity index (χ2n) is 6.08. The molecular formula is C14H27N3O3. The molecule has 6 heteroatoms. The number of likely N-dealkylation sites (tertiary alicyclic amines) is 1. The summed E-state index contributed by atoms with van der Waals surface area (Å²) in [5.74, 6) is 0.661. The predicted octanol–water partition coefficient (Wildman–Crippen LogP) is 0.873. The van der Waals surface area contributed by atoms with Gasteiger partial charge in [0.2, 0.25) is 5.91 Å². The average Bonchev–Trinajstić information content (AvgIpc) is 2.34. The normalized spacial score (nSPS) is 22.8. The number of nitrogens with zero attached hydrogens (tertiary/aromatic N) is 3. The largest absolute Gasteiger partial charge is 0.447 e. The lowest BCUT2D eigenvalue weighted by Gasteiger charge is -2.38. The summed E-state index contributed by atoms with van der Waals surface area (Å²) in [5.41, 5.74) is 0. The first-order chi connectivity index (χ1) is 9.31. The molecule has 0 N–H and O–H groups in total. The number of ether oxygens (including phenoxy) is 1. The molecule has 1 aliphatic rings. The van der Waals surface area contributed by atoms with Crippen LogP contribution in [0.1, 0.15) is 19.8 Å². The highest BCUT2D eigenvalue weighted by molar-refractivity contribution is 5.78. The third kappa shape index (κ3) is 5.00. The molecule has 0 bridgehead atoms. The van der Waals surface area contributed by atoms with Gasteiger partial charge >= 0.3 is 6.09 Å². The van der Waals surface area contributed by atoms with Crippen LogP contribution in [0.4, 0.5) is 4.79 Å². The van der Waals surface area contributed by atoms with Crippen molar-refractivity contribution in [1.29, 1.82) is 0 Å². The standard InChI is InChI=1S/C14H27N3O3/c1-11-6-7-17(13(18)9-15(2)3)12(8-11)10-20-14(19)16(4)5/h11-12H,6-10H2,1-5H3. The smallest absolute Gasteiger partial charge is 0.409 e. The summed E-state index contributed by atoms with van der Waals surface area (Å²) >= 11 is 0. The molecule has 0 aromatic carbocycles. The molecule has 0 radical (unpaired) electrons. The molecule has 2 amide bonds. The van der Waals surface area contributed by atoms with Gasteiger partial charge in [-0.05, 0) is 32.9 Å². The predicted molar refractivity (Wildman–Crippen MR) is 77.5 cm³/mol. The highest BCUT2D eigenvalue weighted by Gasteiger charge is 2.31. The Morgan fingerprint density at radius 2 is 1.90 bits per heavy atom. The monoisotopic (exact) mass is 285 g/mol. The molecule has 1 saturated heterocycles. The third-order valence-corrected chi connectivity index (χ3v) is 3.51. The van der Waals surface area contributed by atoms with E-state index in [2.05, 4.69) is 6.92 Å². The zero-order chi connectivity index (χ0) is 15.3. The van der Waals surface area contributed by atoms with Crippen molar-refractivity contribution >= 4 is 12.0 Å². The van der Waals surface area contributed by atoms with Gasteiger partial charge in [0.1, 0.15) is 6.61 Å². The van der Waals surface area contributed by atoms with Crippen LogP contribution >= 0.6 is 0 Å². The number of hydrogen-bond donors (Lipinski definition) is 0. The lowest BCUT2D eigenvalue weighted by Crippen LogP contribution is -2.51. The minimum atomic E-state index is -0.358. The molecule has 0 spiro atoms. The second-order valence-corrected chi connectivity index (χ2v) is 6.08. The molecule has 20 heavy (non-hydrogen) atoms. The molecule has 0 aliphatic carbocycles. The Morgan fingerprint density at radius 1 is 1.25 bits per heavy atom. The number of amides is 2. The number of carbonyl (C=O) groups is 2. The van der Waals surface area contributed by atoms with E-state index in [0.29, 0.717) is 12.5 Å². The van der Waals surface area contributed by atoms with E-state index in [4.69, 9.17) is 4.74 Å². The van der Waals surface area contributed by atoms with Crippen LogP contribution in [0.15, 0.2) is 0 Å². The number of rotatable bonds is 4. The van der Waals surface area contributed by atoms with Gasteiger partial charge in [-0.25, -0.2) is 4.79 Å². The maximum Gasteiger partial charge on any atom is 0.409 e. The Bertz CT molecular complexity index is 345. The Balaban J connectivity index is 2.61. The fourth-order valence-electron chi connectivity index (χ4n) is 2.40. The van der Waals surface area contributed by atoms with Crippen molar-refractivity contribution in [2.45, 2.75) is 25.8 Å². The molecule has 6 nitrogen and oxygen atoms in total. The summed E-state index contributed by atoms with van der Waals surface area (Å²) in [7, 11) is 7.07. The van der Waals surface area contributed by atoms with Crippen molar-refractivity contribution in [3.8, 4) is 0 Å². The van der Waals surface area contributed by atoms with E-state index in [-0.39, 0.29) is 24.6 Å². The number of carbonyl (C=O) groups excluding carboxylic acids is 2. The lowest BCUT2D eigenvalue weighted by molar-refractivity contribution is -0.137. The maximum absolute atomic E-state index is 12.2. The number of likely N-dealkylation sites (N-methyl/N-ethyl adjacent to an activating group) is 1. The fourth-order valence-corrected chi connectivity index (χ4v) is 2.40. The van der Waals surface area contributed by atoms with E-state index >= 15 is 0 Å². The summed E-state index contributed by atoms with van der Waals surface area (Å²) in [6, 6.07) is -0.00454. The number of hydrogen-bond acceptors (Lipinski definition) is 4. The van der Waals surface area contributed by atoms with Crippen molar-refractivity contribution in [2.24, 2.45) is 5.92 Å². The summed E-state index contributed by atoms with van der Waals surface area (Å²) in [5, 5.41) is 0. The molecule has 1 aliphatic heterocycles. The van der Waals surface area contributed by atoms with Gasteiger partial charge in [0.15, 0.2) is 0 Å². The van der Waals surface area contributed by atoms with Gasteiger partial charge < -0.3 is 19.4 Å². The Kier molecular flexibility index (Phi) is 6.26. The molecular weight excluding hydrogens is 258 g/mol. The van der Waals surface area contributed by atoms with Crippen LogP contribution in [-0.4, -0.2) is 80.6 Å². The van der Waals surface area contributed by atoms with E-state index in [0.717, 1.165) is 19.4 Å². The van der Waals surface area contributed by atoms with Gasteiger partial charge in [0, 0.05) is 20.6 Å². The van der Waals surface area contributed by atoms with Gasteiger partial charge in [-0.1, -0.05) is 6.92 Å². The molecule has 116 valence electrons. The summed E-state index contributed by atoms with van der Waals surface area (Å²) < 4.78 is 5.26. The highest BCUT2D eigenvalue weighted by Crippen LogP contribution is 2.23. The van der Waals surface area contributed by atoms with E-state index in [1.807, 2.05) is 23.9 Å². The van der Waals surface area contributed by atoms with Crippen molar-refractivity contribution in [2.75, 3.05) is 47.9 Å². The van der Waals surface area contributed by atoms with Gasteiger partial charge in [-0.3, -0.25) is 4.79 Å². The summed E-state index contributed by atoms with van der Waals surface area (Å²) in [6.07, 6.45) is 1.54. The molecule has 0 saturated carbocycles. The average molecular weight is 285 g/mol. The van der Waals surface area contributed by atoms with Crippen LogP contribution in [0.5, 0.6) is 0 Å². The van der Waals surface area contributed by atoms with E-state index in [9.17, 15) is 9.59 Å². The van der Waals surface area contributed by atoms with Crippen molar-refractivity contribution in [3.63, 3.8) is 0 Å². The summed E-state index contributed by atoms with van der Waals surface area (Å²) in [6.45, 7) is 3.60. The second kappa shape index (κ2) is 7.47. The van der Waals surface area contributed by atoms with E-state index in [1.165, 1.54) is 4.90 Å². The molecule has 1 rings (SSSR count). The van der Waals surface area contributed by atoms with Crippen LogP contribution in [0.25, 0.3) is 0 Å². The number of piperidine rings is 1. The zero-order valence-electron chi connectivity index (χ0n) is 13.3. The van der Waals surface area contributed by atoms with Crippen LogP contribution in [0, 0.1) is 5.92 Å². The van der Waals surface area contributed by atoms with Crippen LogP contribution in [0.2, 0.25) is 0 Å². The van der Waals surface area contributed by atoms with Gasteiger partial charge in [-0.2, -0.15) is 0 Å². The van der Waals surface area contributed by atoms with Crippen molar-refractivity contribution < 1.29 is 14.3 Å². The molecule has 2 atom stereocenters. The topological polar surface area (TPSA) is 53.1 Å². The molecule has 1 heterocycles. The first-order valence-electron chi connectivity index (χ1n) is 7.09. The SMILES string of the molecule is CC1CCN(C(=O)CN(C)C)C(COC(=O)N(C)C)C1. The minimum Gasteiger partial charge on any atom is -0.447 e. The lowest BCUT2D eigenvalue weighted by atomic mass is 9.92. The zero-order valence-corrected chi connectivity index (χ0v) is 13.3. The van der Waals surface area contributed by atoms with Crippen molar-refractivity contribution in [3.05, 3.63) is 0 Å². The fraction of sp³-hybridized carbons (Fsp3) is 0.857. The quantitative estimate of drug-likeness (QED) is 0.769. The van der Waals surface area contributed by atoms with E-state index in [1.54, 1.807) is 14.1 Å².